The van der Waals surface area contributed by atoms with Gasteiger partial charge in [0.2, 0.25) is 5.91 Å². The zero-order chi connectivity index (χ0) is 17.1. The number of ether oxygens (including phenoxy) is 2. The molecular formula is C12H21NO9. The summed E-state index contributed by atoms with van der Waals surface area (Å²) >= 11 is 0. The highest BCUT2D eigenvalue weighted by atomic mass is 16.7. The minimum atomic E-state index is -2.55. The van der Waals surface area contributed by atoms with Crippen LogP contribution in [0.1, 0.15) is 13.3 Å². The number of aliphatic hydroxyl groups excluding tert-OH is 4. The first-order chi connectivity index (χ1) is 10.2. The van der Waals surface area contributed by atoms with E-state index in [0.717, 1.165) is 14.0 Å². The Bertz CT molecular complexity index is 417. The number of carbonyl (C=O) groups excluding carboxylic acids is 2. The lowest BCUT2D eigenvalue weighted by Crippen LogP contribution is -2.67. The Morgan fingerprint density at radius 3 is 2.50 bits per heavy atom. The highest BCUT2D eigenvalue weighted by Crippen LogP contribution is 2.31. The Balaban J connectivity index is 3.09. The molecule has 6 atom stereocenters. The third-order valence-electron chi connectivity index (χ3n) is 3.38. The minimum absolute atomic E-state index is 0.563. The maximum atomic E-state index is 11.6. The van der Waals surface area contributed by atoms with Crippen LogP contribution in [-0.4, -0.2) is 87.4 Å². The van der Waals surface area contributed by atoms with E-state index in [0.29, 0.717) is 0 Å². The van der Waals surface area contributed by atoms with Gasteiger partial charge in [0, 0.05) is 13.3 Å². The molecular weight excluding hydrogens is 302 g/mol. The van der Waals surface area contributed by atoms with Gasteiger partial charge >= 0.3 is 5.97 Å². The molecule has 1 amide bonds. The molecule has 22 heavy (non-hydrogen) atoms. The number of nitrogens with one attached hydrogen (secondary N) is 1. The molecule has 10 nitrogen and oxygen atoms in total. The van der Waals surface area contributed by atoms with E-state index in [1.807, 2.05) is 0 Å². The van der Waals surface area contributed by atoms with Crippen LogP contribution >= 0.6 is 0 Å². The maximum Gasteiger partial charge on any atom is 0.366 e. The largest absolute Gasteiger partial charge is 0.465 e. The van der Waals surface area contributed by atoms with Gasteiger partial charge in [0.25, 0.3) is 5.79 Å². The Kier molecular flexibility index (Phi) is 6.23. The first-order valence-corrected chi connectivity index (χ1v) is 6.57. The van der Waals surface area contributed by atoms with Crippen LogP contribution in [0.25, 0.3) is 0 Å². The summed E-state index contributed by atoms with van der Waals surface area (Å²) in [6.45, 7) is 0.320. The fourth-order valence-corrected chi connectivity index (χ4v) is 2.29. The third kappa shape index (κ3) is 3.91. The fourth-order valence-electron chi connectivity index (χ4n) is 2.29. The molecule has 1 heterocycles. The summed E-state index contributed by atoms with van der Waals surface area (Å²) in [7, 11) is 0.990. The quantitative estimate of drug-likeness (QED) is 0.278. The highest BCUT2D eigenvalue weighted by molar-refractivity contribution is 5.78. The third-order valence-corrected chi connectivity index (χ3v) is 3.38. The molecule has 0 radical (unpaired) electrons. The standard InChI is InChI=1S/C12H21NO9/c1-5(15)13-8-6(16)3-12(20,11(19)21-2)22-10(8)9(18)7(17)4-14/h6-10,14,16-18,20H,3-4H2,1-2H3,(H,13,15)/t6-,7-,8+,9-,10+,12-/m1/s1. The Morgan fingerprint density at radius 2 is 2.05 bits per heavy atom. The van der Waals surface area contributed by atoms with Crippen molar-refractivity contribution in [3.8, 4) is 0 Å². The van der Waals surface area contributed by atoms with Crippen LogP contribution in [0.15, 0.2) is 0 Å². The summed E-state index contributed by atoms with van der Waals surface area (Å²) in [6.07, 6.45) is -7.09. The molecule has 1 aliphatic heterocycles. The van der Waals surface area contributed by atoms with Gasteiger partial charge in [-0.05, 0) is 0 Å². The monoisotopic (exact) mass is 323 g/mol. The second-order valence-corrected chi connectivity index (χ2v) is 5.10. The van der Waals surface area contributed by atoms with Crippen molar-refractivity contribution in [2.24, 2.45) is 0 Å². The van der Waals surface area contributed by atoms with Crippen LogP contribution in [-0.2, 0) is 19.1 Å². The van der Waals surface area contributed by atoms with Gasteiger partial charge < -0.3 is 40.3 Å². The van der Waals surface area contributed by atoms with Crippen molar-refractivity contribution in [2.75, 3.05) is 13.7 Å². The second-order valence-electron chi connectivity index (χ2n) is 5.10. The van der Waals surface area contributed by atoms with Crippen LogP contribution in [0.3, 0.4) is 0 Å². The Morgan fingerprint density at radius 1 is 1.45 bits per heavy atom. The van der Waals surface area contributed by atoms with Crippen molar-refractivity contribution in [1.29, 1.82) is 0 Å². The van der Waals surface area contributed by atoms with Crippen LogP contribution < -0.4 is 5.32 Å². The van der Waals surface area contributed by atoms with E-state index < -0.39 is 61.1 Å². The molecule has 0 spiro atoms. The molecule has 6 N–H and O–H groups in total. The van der Waals surface area contributed by atoms with Gasteiger partial charge in [-0.25, -0.2) is 4.79 Å². The van der Waals surface area contributed by atoms with E-state index in [-0.39, 0.29) is 0 Å². The topological polar surface area (TPSA) is 166 Å². The van der Waals surface area contributed by atoms with Crippen molar-refractivity contribution >= 4 is 11.9 Å². The van der Waals surface area contributed by atoms with E-state index in [4.69, 9.17) is 9.84 Å². The second kappa shape index (κ2) is 7.31. The summed E-state index contributed by atoms with van der Waals surface area (Å²) in [5, 5.41) is 50.8. The minimum Gasteiger partial charge on any atom is -0.465 e. The molecule has 1 aliphatic rings. The molecule has 1 fully saturated rings. The van der Waals surface area contributed by atoms with Crippen molar-refractivity contribution in [1.82, 2.24) is 5.32 Å². The number of hydrogen-bond donors (Lipinski definition) is 6. The SMILES string of the molecule is COC(=O)[C@@]1(O)C[C@@H](O)[C@H](NC(C)=O)[C@@H]([C@H](O)[C@H](O)CO)O1. The molecule has 0 bridgehead atoms. The number of carbonyl (C=O) groups is 2. The number of rotatable bonds is 5. The first-order valence-electron chi connectivity index (χ1n) is 6.57. The summed E-state index contributed by atoms with van der Waals surface area (Å²) in [4.78, 5) is 22.8. The lowest BCUT2D eigenvalue weighted by molar-refractivity contribution is -0.296. The summed E-state index contributed by atoms with van der Waals surface area (Å²) in [6, 6.07) is -1.21. The lowest BCUT2D eigenvalue weighted by Gasteiger charge is -2.45. The number of esters is 1. The van der Waals surface area contributed by atoms with Gasteiger partial charge in [-0.2, -0.15) is 0 Å². The summed E-state index contributed by atoms with van der Waals surface area (Å²) in [5.41, 5.74) is 0. The highest BCUT2D eigenvalue weighted by Gasteiger charge is 2.54. The molecule has 0 saturated carbocycles. The molecule has 1 rings (SSSR count). The van der Waals surface area contributed by atoms with Gasteiger partial charge in [0.1, 0.15) is 18.3 Å². The summed E-state index contributed by atoms with van der Waals surface area (Å²) in [5.74, 6) is -4.32. The van der Waals surface area contributed by atoms with Gasteiger partial charge in [-0.3, -0.25) is 4.79 Å². The smallest absolute Gasteiger partial charge is 0.366 e. The molecule has 0 aromatic heterocycles. The zero-order valence-corrected chi connectivity index (χ0v) is 12.2. The van der Waals surface area contributed by atoms with Crippen LogP contribution in [0, 0.1) is 0 Å². The zero-order valence-electron chi connectivity index (χ0n) is 12.2. The number of methoxy groups -OCH3 is 1. The summed E-state index contributed by atoms with van der Waals surface area (Å²) < 4.78 is 9.45. The van der Waals surface area contributed by atoms with Gasteiger partial charge in [-0.15, -0.1) is 0 Å². The molecule has 128 valence electrons. The van der Waals surface area contributed by atoms with E-state index >= 15 is 0 Å². The van der Waals surface area contributed by atoms with E-state index in [1.165, 1.54) is 0 Å². The number of amides is 1. The van der Waals surface area contributed by atoms with E-state index in [2.05, 4.69) is 10.1 Å². The van der Waals surface area contributed by atoms with E-state index in [1.54, 1.807) is 0 Å². The van der Waals surface area contributed by atoms with Crippen LogP contribution in [0.2, 0.25) is 0 Å². The normalized spacial score (nSPS) is 34.6. The predicted octanol–water partition coefficient (Wildman–Crippen LogP) is -3.78. The fraction of sp³-hybridized carbons (Fsp3) is 0.833. The molecule has 0 aromatic rings. The van der Waals surface area contributed by atoms with Crippen molar-refractivity contribution in [3.05, 3.63) is 0 Å². The maximum absolute atomic E-state index is 11.6. The predicted molar refractivity (Wildman–Crippen MR) is 69.2 cm³/mol. The van der Waals surface area contributed by atoms with Crippen molar-refractivity contribution in [3.63, 3.8) is 0 Å². The van der Waals surface area contributed by atoms with Crippen molar-refractivity contribution in [2.45, 2.75) is 49.6 Å². The molecule has 0 unspecified atom stereocenters. The number of aliphatic hydroxyl groups is 5. The molecule has 1 saturated heterocycles. The van der Waals surface area contributed by atoms with Gasteiger partial charge in [-0.1, -0.05) is 0 Å². The Labute approximate surface area is 126 Å². The van der Waals surface area contributed by atoms with Crippen molar-refractivity contribution < 1.29 is 44.6 Å². The average molecular weight is 323 g/mol. The molecule has 10 heteroatoms. The van der Waals surface area contributed by atoms with E-state index in [9.17, 15) is 30.0 Å². The molecule has 0 aliphatic carbocycles. The first kappa shape index (κ1) is 18.7. The van der Waals surface area contributed by atoms with Crippen LogP contribution in [0.4, 0.5) is 0 Å². The number of hydrogen-bond acceptors (Lipinski definition) is 9. The molecule has 0 aromatic carbocycles. The van der Waals surface area contributed by atoms with Gasteiger partial charge in [0.15, 0.2) is 0 Å². The Hall–Kier alpha value is -1.30. The van der Waals surface area contributed by atoms with Crippen LogP contribution in [0.5, 0.6) is 0 Å². The average Bonchev–Trinajstić information content (AvgIpc) is 2.46. The van der Waals surface area contributed by atoms with Gasteiger partial charge in [0.05, 0.1) is 25.9 Å². The lowest BCUT2D eigenvalue weighted by atomic mass is 9.88.